The van der Waals surface area contributed by atoms with Crippen LogP contribution >= 0.6 is 0 Å². The molecule has 1 N–H and O–H groups in total. The summed E-state index contributed by atoms with van der Waals surface area (Å²) >= 11 is 0. The van der Waals surface area contributed by atoms with E-state index in [2.05, 4.69) is 26.1 Å². The van der Waals surface area contributed by atoms with E-state index in [1.807, 2.05) is 13.8 Å². The van der Waals surface area contributed by atoms with Gasteiger partial charge >= 0.3 is 0 Å². The summed E-state index contributed by atoms with van der Waals surface area (Å²) in [6.45, 7) is 11.0. The molecule has 3 rings (SSSR count). The van der Waals surface area contributed by atoms with Crippen molar-refractivity contribution in [1.82, 2.24) is 5.32 Å². The third-order valence-electron chi connectivity index (χ3n) is 4.26. The fourth-order valence-corrected chi connectivity index (χ4v) is 3.76. The van der Waals surface area contributed by atoms with Gasteiger partial charge in [0.15, 0.2) is 5.79 Å². The molecule has 2 saturated heterocycles. The molecule has 16 heavy (non-hydrogen) atoms. The van der Waals surface area contributed by atoms with E-state index in [0.29, 0.717) is 29.5 Å². The largest absolute Gasteiger partial charge is 0.344 e. The number of nitrogens with one attached hydrogen (secondary N) is 1. The number of piperidine rings is 1. The summed E-state index contributed by atoms with van der Waals surface area (Å²) in [5, 5.41) is 3.73. The molecule has 0 aromatic rings. The summed E-state index contributed by atoms with van der Waals surface area (Å²) in [4.78, 5) is 0. The average Bonchev–Trinajstić information content (AvgIpc) is 2.68. The topological polar surface area (TPSA) is 30.5 Å². The number of rotatable bonds is 0. The smallest absolute Gasteiger partial charge is 0.163 e. The van der Waals surface area contributed by atoms with E-state index in [1.54, 1.807) is 0 Å². The summed E-state index contributed by atoms with van der Waals surface area (Å²) in [6.07, 6.45) is 1.80. The highest BCUT2D eigenvalue weighted by atomic mass is 16.8. The number of ether oxygens (including phenoxy) is 2. The van der Waals surface area contributed by atoms with Crippen LogP contribution in [0.1, 0.15) is 41.0 Å². The Kier molecular flexibility index (Phi) is 2.07. The molecule has 3 aliphatic rings. The summed E-state index contributed by atoms with van der Waals surface area (Å²) in [7, 11) is 0. The molecule has 92 valence electrons. The molecule has 0 spiro atoms. The van der Waals surface area contributed by atoms with Crippen LogP contribution in [0.4, 0.5) is 0 Å². The number of fused-ring (bicyclic) bond motifs is 5. The van der Waals surface area contributed by atoms with Crippen molar-refractivity contribution in [2.24, 2.45) is 11.3 Å². The first-order valence-electron chi connectivity index (χ1n) is 6.40. The average molecular weight is 225 g/mol. The Hall–Kier alpha value is -0.120. The molecule has 3 fully saturated rings. The fourth-order valence-electron chi connectivity index (χ4n) is 3.76. The molecule has 0 amide bonds. The highest BCUT2D eigenvalue weighted by Crippen LogP contribution is 2.50. The summed E-state index contributed by atoms with van der Waals surface area (Å²) < 4.78 is 12.1. The van der Waals surface area contributed by atoms with Crippen LogP contribution < -0.4 is 5.32 Å². The van der Waals surface area contributed by atoms with Gasteiger partial charge in [-0.15, -0.1) is 0 Å². The highest BCUT2D eigenvalue weighted by molar-refractivity contribution is 5.13. The van der Waals surface area contributed by atoms with Gasteiger partial charge in [-0.25, -0.2) is 0 Å². The zero-order valence-electron chi connectivity index (χ0n) is 10.9. The molecular weight excluding hydrogens is 202 g/mol. The van der Waals surface area contributed by atoms with Crippen LogP contribution in [0, 0.1) is 11.3 Å². The summed E-state index contributed by atoms with van der Waals surface area (Å²) in [6, 6.07) is 1.07. The van der Waals surface area contributed by atoms with Crippen molar-refractivity contribution in [2.45, 2.75) is 71.1 Å². The predicted molar refractivity (Wildman–Crippen MR) is 62.1 cm³/mol. The molecule has 3 heteroatoms. The SMILES string of the molecule is CC1(C)OC2C3CC(C2O1)C(C(C)(C)C)N3. The zero-order chi connectivity index (χ0) is 11.7. The molecule has 3 nitrogen and oxygen atoms in total. The third kappa shape index (κ3) is 1.45. The minimum atomic E-state index is -0.388. The Morgan fingerprint density at radius 2 is 1.75 bits per heavy atom. The van der Waals surface area contributed by atoms with Crippen molar-refractivity contribution in [3.05, 3.63) is 0 Å². The molecule has 0 aromatic heterocycles. The van der Waals surface area contributed by atoms with Crippen LogP contribution in [0.2, 0.25) is 0 Å². The molecule has 5 unspecified atom stereocenters. The number of hydrogen-bond acceptors (Lipinski definition) is 3. The van der Waals surface area contributed by atoms with Gasteiger partial charge in [0.1, 0.15) is 6.10 Å². The van der Waals surface area contributed by atoms with E-state index in [1.165, 1.54) is 6.42 Å². The molecule has 5 atom stereocenters. The van der Waals surface area contributed by atoms with Crippen LogP contribution in [0.3, 0.4) is 0 Å². The first-order valence-corrected chi connectivity index (χ1v) is 6.40. The molecule has 1 saturated carbocycles. The minimum Gasteiger partial charge on any atom is -0.344 e. The van der Waals surface area contributed by atoms with E-state index in [4.69, 9.17) is 9.47 Å². The lowest BCUT2D eigenvalue weighted by Crippen LogP contribution is -2.54. The zero-order valence-corrected chi connectivity index (χ0v) is 10.9. The highest BCUT2D eigenvalue weighted by Gasteiger charge is 2.61. The van der Waals surface area contributed by atoms with Crippen LogP contribution in [0.25, 0.3) is 0 Å². The third-order valence-corrected chi connectivity index (χ3v) is 4.26. The van der Waals surface area contributed by atoms with Gasteiger partial charge in [-0.1, -0.05) is 20.8 Å². The van der Waals surface area contributed by atoms with Crippen molar-refractivity contribution < 1.29 is 9.47 Å². The van der Waals surface area contributed by atoms with Gasteiger partial charge in [-0.05, 0) is 25.7 Å². The lowest BCUT2D eigenvalue weighted by atomic mass is 9.78. The van der Waals surface area contributed by atoms with Crippen LogP contribution in [-0.4, -0.2) is 30.1 Å². The first-order chi connectivity index (χ1) is 7.28. The fraction of sp³-hybridized carbons (Fsp3) is 1.00. The first kappa shape index (κ1) is 11.0. The second kappa shape index (κ2) is 3.01. The van der Waals surface area contributed by atoms with Crippen molar-refractivity contribution >= 4 is 0 Å². The predicted octanol–water partition coefficient (Wildman–Crippen LogP) is 1.91. The molecule has 0 radical (unpaired) electrons. The Labute approximate surface area is 97.9 Å². The molecule has 0 aromatic carbocycles. The quantitative estimate of drug-likeness (QED) is 0.683. The maximum Gasteiger partial charge on any atom is 0.163 e. The van der Waals surface area contributed by atoms with E-state index >= 15 is 0 Å². The van der Waals surface area contributed by atoms with Gasteiger partial charge in [0.05, 0.1) is 6.10 Å². The van der Waals surface area contributed by atoms with Crippen molar-refractivity contribution in [3.8, 4) is 0 Å². The molecule has 1 aliphatic carbocycles. The van der Waals surface area contributed by atoms with Gasteiger partial charge in [0.25, 0.3) is 0 Å². The maximum atomic E-state index is 6.07. The second-order valence-corrected chi connectivity index (χ2v) is 7.08. The van der Waals surface area contributed by atoms with Gasteiger partial charge in [-0.3, -0.25) is 0 Å². The van der Waals surface area contributed by atoms with Gasteiger partial charge in [0, 0.05) is 18.0 Å². The van der Waals surface area contributed by atoms with Crippen molar-refractivity contribution in [1.29, 1.82) is 0 Å². The molecule has 2 bridgehead atoms. The molecule has 2 heterocycles. The Morgan fingerprint density at radius 3 is 2.38 bits per heavy atom. The number of hydrogen-bond donors (Lipinski definition) is 1. The normalized spacial score (nSPS) is 49.7. The Balaban J connectivity index is 1.83. The van der Waals surface area contributed by atoms with E-state index in [-0.39, 0.29) is 11.9 Å². The van der Waals surface area contributed by atoms with E-state index in [9.17, 15) is 0 Å². The summed E-state index contributed by atoms with van der Waals surface area (Å²) in [5.74, 6) is 0.234. The molecule has 2 aliphatic heterocycles. The molecular formula is C13H23NO2. The van der Waals surface area contributed by atoms with Gasteiger partial charge in [0.2, 0.25) is 0 Å². The van der Waals surface area contributed by atoms with Crippen LogP contribution in [0.5, 0.6) is 0 Å². The summed E-state index contributed by atoms with van der Waals surface area (Å²) in [5.41, 5.74) is 0.306. The lowest BCUT2D eigenvalue weighted by Gasteiger charge is -2.38. The lowest BCUT2D eigenvalue weighted by molar-refractivity contribution is -0.155. The second-order valence-electron chi connectivity index (χ2n) is 7.08. The van der Waals surface area contributed by atoms with Crippen LogP contribution in [0.15, 0.2) is 0 Å². The van der Waals surface area contributed by atoms with Crippen molar-refractivity contribution in [2.75, 3.05) is 0 Å². The van der Waals surface area contributed by atoms with E-state index in [0.717, 1.165) is 0 Å². The van der Waals surface area contributed by atoms with Crippen LogP contribution in [-0.2, 0) is 9.47 Å². The van der Waals surface area contributed by atoms with E-state index < -0.39 is 0 Å². The van der Waals surface area contributed by atoms with Gasteiger partial charge in [-0.2, -0.15) is 0 Å². The standard InChI is InChI=1S/C13H23NO2/c1-12(2,3)11-7-6-8(14-11)10-9(7)15-13(4,5)16-10/h7-11,14H,6H2,1-5H3. The van der Waals surface area contributed by atoms with Crippen molar-refractivity contribution in [3.63, 3.8) is 0 Å². The Morgan fingerprint density at radius 1 is 1.12 bits per heavy atom. The Bertz CT molecular complexity index is 308. The minimum absolute atomic E-state index is 0.276. The monoisotopic (exact) mass is 225 g/mol. The van der Waals surface area contributed by atoms with Gasteiger partial charge < -0.3 is 14.8 Å². The maximum absolute atomic E-state index is 6.07.